The van der Waals surface area contributed by atoms with E-state index in [2.05, 4.69) is 0 Å². The van der Waals surface area contributed by atoms with E-state index in [0.29, 0.717) is 0 Å². The number of halogens is 3. The smallest absolute Gasteiger partial charge is 0.416 e. The quantitative estimate of drug-likeness (QED) is 0.721. The average molecular weight is 190 g/mol. The first-order chi connectivity index (χ1) is 5.96. The molecule has 1 aromatic carbocycles. The minimum atomic E-state index is -4.38. The predicted molar refractivity (Wildman–Crippen MR) is 42.5 cm³/mol. The molecule has 0 saturated heterocycles. The lowest BCUT2D eigenvalue weighted by Gasteiger charge is -2.12. The number of phenolic OH excluding ortho intramolecular Hbond substituents is 1. The van der Waals surface area contributed by atoms with E-state index in [0.717, 1.165) is 6.07 Å². The van der Waals surface area contributed by atoms with Crippen LogP contribution in [0.25, 0.3) is 0 Å². The fourth-order valence-corrected chi connectivity index (χ4v) is 1.21. The second-order valence-electron chi connectivity index (χ2n) is 2.65. The zero-order valence-corrected chi connectivity index (χ0v) is 7.02. The van der Waals surface area contributed by atoms with Crippen LogP contribution in [0.4, 0.5) is 13.2 Å². The number of benzene rings is 1. The third-order valence-electron chi connectivity index (χ3n) is 1.81. The molecule has 0 spiro atoms. The number of rotatable bonds is 1. The van der Waals surface area contributed by atoms with Gasteiger partial charge in [0.25, 0.3) is 0 Å². The van der Waals surface area contributed by atoms with Crippen LogP contribution < -0.4 is 0 Å². The average Bonchev–Trinajstić information content (AvgIpc) is 2.02. The van der Waals surface area contributed by atoms with Crippen molar-refractivity contribution in [1.82, 2.24) is 0 Å². The first-order valence-corrected chi connectivity index (χ1v) is 3.85. The van der Waals surface area contributed by atoms with Crippen LogP contribution in [0, 0.1) is 0 Å². The molecule has 0 amide bonds. The van der Waals surface area contributed by atoms with Gasteiger partial charge in [0.2, 0.25) is 0 Å². The van der Waals surface area contributed by atoms with Crippen molar-refractivity contribution in [3.05, 3.63) is 29.3 Å². The molecule has 13 heavy (non-hydrogen) atoms. The summed E-state index contributed by atoms with van der Waals surface area (Å²) >= 11 is 0. The van der Waals surface area contributed by atoms with Gasteiger partial charge in [0.15, 0.2) is 0 Å². The van der Waals surface area contributed by atoms with Crippen molar-refractivity contribution >= 4 is 0 Å². The molecule has 0 bridgehead atoms. The Hall–Kier alpha value is -1.19. The highest BCUT2D eigenvalue weighted by atomic mass is 19.4. The molecule has 0 aliphatic carbocycles. The molecule has 0 unspecified atom stereocenters. The monoisotopic (exact) mass is 190 g/mol. The highest BCUT2D eigenvalue weighted by Gasteiger charge is 2.33. The van der Waals surface area contributed by atoms with Gasteiger partial charge in [-0.3, -0.25) is 0 Å². The minimum Gasteiger partial charge on any atom is -0.508 e. The van der Waals surface area contributed by atoms with Crippen LogP contribution in [-0.4, -0.2) is 5.11 Å². The number of alkyl halides is 3. The van der Waals surface area contributed by atoms with E-state index in [1.54, 1.807) is 6.92 Å². The van der Waals surface area contributed by atoms with Crippen LogP contribution in [0.1, 0.15) is 18.1 Å². The summed E-state index contributed by atoms with van der Waals surface area (Å²) in [5, 5.41) is 9.15. The number of hydrogen-bond donors (Lipinski definition) is 1. The topological polar surface area (TPSA) is 20.2 Å². The Morgan fingerprint density at radius 3 is 2.31 bits per heavy atom. The summed E-state index contributed by atoms with van der Waals surface area (Å²) in [6, 6.07) is 3.42. The molecule has 0 atom stereocenters. The number of hydrogen-bond acceptors (Lipinski definition) is 1. The van der Waals surface area contributed by atoms with Gasteiger partial charge in [-0.25, -0.2) is 0 Å². The summed E-state index contributed by atoms with van der Waals surface area (Å²) in [6.45, 7) is 1.57. The van der Waals surface area contributed by atoms with E-state index < -0.39 is 11.7 Å². The molecule has 0 saturated carbocycles. The van der Waals surface area contributed by atoms with E-state index in [-0.39, 0.29) is 17.7 Å². The zero-order valence-electron chi connectivity index (χ0n) is 7.02. The maximum atomic E-state index is 12.3. The van der Waals surface area contributed by atoms with Gasteiger partial charge in [0.1, 0.15) is 5.75 Å². The number of aromatic hydroxyl groups is 1. The lowest BCUT2D eigenvalue weighted by Crippen LogP contribution is -2.08. The zero-order chi connectivity index (χ0) is 10.1. The van der Waals surface area contributed by atoms with Gasteiger partial charge in [-0.05, 0) is 18.6 Å². The van der Waals surface area contributed by atoms with E-state index in [4.69, 9.17) is 5.11 Å². The second-order valence-corrected chi connectivity index (χ2v) is 2.65. The molecule has 72 valence electrons. The van der Waals surface area contributed by atoms with Crippen molar-refractivity contribution in [2.24, 2.45) is 0 Å². The molecule has 1 N–H and O–H groups in total. The van der Waals surface area contributed by atoms with E-state index in [1.807, 2.05) is 0 Å². The first kappa shape index (κ1) is 9.89. The Bertz CT molecular complexity index is 304. The molecular weight excluding hydrogens is 181 g/mol. The van der Waals surface area contributed by atoms with Gasteiger partial charge >= 0.3 is 6.18 Å². The summed E-state index contributed by atoms with van der Waals surface area (Å²) in [5.41, 5.74) is -0.801. The summed E-state index contributed by atoms with van der Waals surface area (Å²) in [4.78, 5) is 0. The lowest BCUT2D eigenvalue weighted by molar-refractivity contribution is -0.138. The van der Waals surface area contributed by atoms with Crippen LogP contribution in [0.5, 0.6) is 5.75 Å². The molecule has 0 heterocycles. The maximum Gasteiger partial charge on any atom is 0.416 e. The van der Waals surface area contributed by atoms with Gasteiger partial charge in [0.05, 0.1) is 5.56 Å². The Balaban J connectivity index is 3.29. The normalized spacial score (nSPS) is 11.7. The van der Waals surface area contributed by atoms with Crippen LogP contribution in [0.3, 0.4) is 0 Å². The fraction of sp³-hybridized carbons (Fsp3) is 0.333. The van der Waals surface area contributed by atoms with Crippen LogP contribution in [-0.2, 0) is 12.6 Å². The summed E-state index contributed by atoms with van der Waals surface area (Å²) in [7, 11) is 0. The van der Waals surface area contributed by atoms with Gasteiger partial charge in [-0.2, -0.15) is 13.2 Å². The summed E-state index contributed by atoms with van der Waals surface area (Å²) in [5.74, 6) is -0.294. The van der Waals surface area contributed by atoms with Gasteiger partial charge in [-0.1, -0.05) is 13.0 Å². The molecule has 0 aliphatic rings. The first-order valence-electron chi connectivity index (χ1n) is 3.85. The summed E-state index contributed by atoms with van der Waals surface area (Å²) in [6.07, 6.45) is -4.22. The standard InChI is InChI=1S/C9H9F3O/c1-2-6-7(9(10,11)12)4-3-5-8(6)13/h3-5,13H,2H2,1H3. The lowest BCUT2D eigenvalue weighted by atomic mass is 10.0. The predicted octanol–water partition coefficient (Wildman–Crippen LogP) is 2.97. The molecule has 1 nitrogen and oxygen atoms in total. The van der Waals surface area contributed by atoms with Crippen molar-refractivity contribution in [2.45, 2.75) is 19.5 Å². The van der Waals surface area contributed by atoms with Crippen LogP contribution in [0.2, 0.25) is 0 Å². The largest absolute Gasteiger partial charge is 0.508 e. The maximum absolute atomic E-state index is 12.3. The highest BCUT2D eigenvalue weighted by Crippen LogP contribution is 2.35. The Morgan fingerprint density at radius 1 is 1.31 bits per heavy atom. The van der Waals surface area contributed by atoms with E-state index in [9.17, 15) is 13.2 Å². The van der Waals surface area contributed by atoms with Crippen LogP contribution in [0.15, 0.2) is 18.2 Å². The molecule has 0 fully saturated rings. The molecule has 0 radical (unpaired) electrons. The SMILES string of the molecule is CCc1c(O)cccc1C(F)(F)F. The van der Waals surface area contributed by atoms with Crippen molar-refractivity contribution < 1.29 is 18.3 Å². The van der Waals surface area contributed by atoms with E-state index in [1.165, 1.54) is 12.1 Å². The molecule has 1 aromatic rings. The van der Waals surface area contributed by atoms with Crippen molar-refractivity contribution in [1.29, 1.82) is 0 Å². The van der Waals surface area contributed by atoms with E-state index >= 15 is 0 Å². The molecular formula is C9H9F3O. The highest BCUT2D eigenvalue weighted by molar-refractivity contribution is 5.40. The third kappa shape index (κ3) is 1.94. The Labute approximate surface area is 73.8 Å². The minimum absolute atomic E-state index is 0.0463. The van der Waals surface area contributed by atoms with Gasteiger partial charge in [-0.15, -0.1) is 0 Å². The molecule has 0 aromatic heterocycles. The van der Waals surface area contributed by atoms with Crippen molar-refractivity contribution in [2.75, 3.05) is 0 Å². The molecule has 0 aliphatic heterocycles. The van der Waals surface area contributed by atoms with Crippen LogP contribution >= 0.6 is 0 Å². The molecule has 4 heteroatoms. The Morgan fingerprint density at radius 2 is 1.92 bits per heavy atom. The number of phenols is 1. The Kier molecular flexibility index (Phi) is 2.50. The third-order valence-corrected chi connectivity index (χ3v) is 1.81. The fourth-order valence-electron chi connectivity index (χ4n) is 1.21. The summed E-state index contributed by atoms with van der Waals surface area (Å²) < 4.78 is 36.9. The van der Waals surface area contributed by atoms with Crippen molar-refractivity contribution in [3.8, 4) is 5.75 Å². The van der Waals surface area contributed by atoms with Gasteiger partial charge in [0, 0.05) is 5.56 Å². The van der Waals surface area contributed by atoms with Crippen molar-refractivity contribution in [3.63, 3.8) is 0 Å². The molecule has 1 rings (SSSR count). The second kappa shape index (κ2) is 3.28. The van der Waals surface area contributed by atoms with Gasteiger partial charge < -0.3 is 5.11 Å².